The third-order valence-electron chi connectivity index (χ3n) is 1.54. The zero-order chi connectivity index (χ0) is 10.6. The summed E-state index contributed by atoms with van der Waals surface area (Å²) in [4.78, 5) is 10.9. The van der Waals surface area contributed by atoms with Crippen LogP contribution >= 0.6 is 39.1 Å². The van der Waals surface area contributed by atoms with Crippen molar-refractivity contribution in [2.45, 2.75) is 4.84 Å². The van der Waals surface area contributed by atoms with Crippen LogP contribution in [0.5, 0.6) is 0 Å². The Balaban J connectivity index is 2.65. The highest BCUT2D eigenvalue weighted by Crippen LogP contribution is 2.15. The van der Waals surface area contributed by atoms with Crippen LogP contribution in [-0.2, 0) is 0 Å². The quantitative estimate of drug-likeness (QED) is 0.854. The zero-order valence-electron chi connectivity index (χ0n) is 7.14. The highest BCUT2D eigenvalue weighted by atomic mass is 79.9. The summed E-state index contributed by atoms with van der Waals surface area (Å²) < 4.78 is 0.748. The Kier molecular flexibility index (Phi) is 4.72. The van der Waals surface area contributed by atoms with Crippen molar-refractivity contribution >= 4 is 45.0 Å². The smallest absolute Gasteiger partial charge is 0.252 e. The van der Waals surface area contributed by atoms with Gasteiger partial charge < -0.3 is 5.32 Å². The summed E-state index contributed by atoms with van der Waals surface area (Å²) in [5, 5.41) is 2.61. The van der Waals surface area contributed by atoms with E-state index >= 15 is 0 Å². The van der Waals surface area contributed by atoms with E-state index in [1.54, 1.807) is 18.2 Å². The second-order valence-corrected chi connectivity index (χ2v) is 4.71. The molecule has 1 amide bonds. The maximum Gasteiger partial charge on any atom is 0.252 e. The molecule has 0 spiro atoms. The molecule has 2 nitrogen and oxygen atoms in total. The summed E-state index contributed by atoms with van der Waals surface area (Å²) in [5.74, 6) is -0.191. The molecule has 0 aromatic heterocycles. The number of benzene rings is 1. The predicted octanol–water partition coefficient (Wildman–Crippen LogP) is 2.98. The number of carbonyl (C=O) groups is 1. The summed E-state index contributed by atoms with van der Waals surface area (Å²) >= 11 is 14.3. The first-order valence-electron chi connectivity index (χ1n) is 3.92. The van der Waals surface area contributed by atoms with Crippen LogP contribution in [0.25, 0.3) is 0 Å². The van der Waals surface area contributed by atoms with Crippen LogP contribution < -0.4 is 5.32 Å². The third kappa shape index (κ3) is 3.48. The number of amides is 1. The number of carbonyl (C=O) groups excluding carboxylic acids is 1. The standard InChI is InChI=1S/C9H8BrCl2NO/c10-7-4-2-1-3-6(7)9(14)13-5-8(11)12/h1-4,8H,5H2,(H,13,14). The molecule has 0 radical (unpaired) electrons. The molecule has 0 aliphatic rings. The van der Waals surface area contributed by atoms with Gasteiger partial charge in [-0.15, -0.1) is 23.2 Å². The second-order valence-electron chi connectivity index (χ2n) is 2.58. The van der Waals surface area contributed by atoms with Crippen LogP contribution in [0.1, 0.15) is 10.4 Å². The number of nitrogens with one attached hydrogen (secondary N) is 1. The van der Waals surface area contributed by atoms with Crippen molar-refractivity contribution in [1.29, 1.82) is 0 Å². The lowest BCUT2D eigenvalue weighted by Crippen LogP contribution is -2.27. The molecule has 1 aromatic rings. The van der Waals surface area contributed by atoms with E-state index in [0.717, 1.165) is 4.47 Å². The number of rotatable bonds is 3. The van der Waals surface area contributed by atoms with Crippen LogP contribution in [0.15, 0.2) is 28.7 Å². The van der Waals surface area contributed by atoms with Gasteiger partial charge in [0.25, 0.3) is 5.91 Å². The largest absolute Gasteiger partial charge is 0.349 e. The van der Waals surface area contributed by atoms with Crippen LogP contribution in [0.3, 0.4) is 0 Å². The highest BCUT2D eigenvalue weighted by molar-refractivity contribution is 9.10. The predicted molar refractivity (Wildman–Crippen MR) is 62.0 cm³/mol. The van der Waals surface area contributed by atoms with Gasteiger partial charge in [-0.2, -0.15) is 0 Å². The van der Waals surface area contributed by atoms with Gasteiger partial charge in [-0.25, -0.2) is 0 Å². The molecule has 1 rings (SSSR count). The molecule has 1 aromatic carbocycles. The average molecular weight is 297 g/mol. The first-order valence-corrected chi connectivity index (χ1v) is 5.58. The van der Waals surface area contributed by atoms with Gasteiger partial charge in [0.15, 0.2) is 0 Å². The van der Waals surface area contributed by atoms with Gasteiger partial charge in [-0.3, -0.25) is 4.79 Å². The molecular weight excluding hydrogens is 289 g/mol. The molecular formula is C9H8BrCl2NO. The van der Waals surface area contributed by atoms with Crippen molar-refractivity contribution in [2.75, 3.05) is 6.54 Å². The molecule has 0 aliphatic carbocycles. The van der Waals surface area contributed by atoms with Gasteiger partial charge in [-0.1, -0.05) is 12.1 Å². The summed E-state index contributed by atoms with van der Waals surface area (Å²) in [5.41, 5.74) is 0.571. The Bertz CT molecular complexity index is 330. The van der Waals surface area contributed by atoms with Gasteiger partial charge in [0.2, 0.25) is 0 Å². The van der Waals surface area contributed by atoms with Crippen LogP contribution in [0.2, 0.25) is 0 Å². The highest BCUT2D eigenvalue weighted by Gasteiger charge is 2.09. The Morgan fingerprint density at radius 3 is 2.64 bits per heavy atom. The Hall–Kier alpha value is -0.250. The molecule has 0 saturated carbocycles. The molecule has 0 unspecified atom stereocenters. The average Bonchev–Trinajstić information content (AvgIpc) is 2.15. The molecule has 5 heteroatoms. The van der Waals surface area contributed by atoms with E-state index in [4.69, 9.17) is 23.2 Å². The molecule has 0 aliphatic heterocycles. The fourth-order valence-corrected chi connectivity index (χ4v) is 1.53. The van der Waals surface area contributed by atoms with E-state index in [9.17, 15) is 4.79 Å². The zero-order valence-corrected chi connectivity index (χ0v) is 10.2. The minimum atomic E-state index is -0.582. The van der Waals surface area contributed by atoms with Crippen molar-refractivity contribution in [3.63, 3.8) is 0 Å². The van der Waals surface area contributed by atoms with Gasteiger partial charge in [0.1, 0.15) is 4.84 Å². The Morgan fingerprint density at radius 2 is 2.07 bits per heavy atom. The lowest BCUT2D eigenvalue weighted by atomic mass is 10.2. The van der Waals surface area contributed by atoms with Crippen LogP contribution in [0, 0.1) is 0 Å². The van der Waals surface area contributed by atoms with Crippen molar-refractivity contribution in [3.8, 4) is 0 Å². The molecule has 0 fully saturated rings. The summed E-state index contributed by atoms with van der Waals surface area (Å²) in [7, 11) is 0. The van der Waals surface area contributed by atoms with E-state index in [-0.39, 0.29) is 12.5 Å². The number of halogens is 3. The number of hydrogen-bond acceptors (Lipinski definition) is 1. The molecule has 0 atom stereocenters. The Morgan fingerprint density at radius 1 is 1.43 bits per heavy atom. The van der Waals surface area contributed by atoms with E-state index in [1.165, 1.54) is 0 Å². The van der Waals surface area contributed by atoms with Crippen molar-refractivity contribution in [1.82, 2.24) is 5.32 Å². The first-order chi connectivity index (χ1) is 6.61. The maximum atomic E-state index is 11.5. The normalized spacial score (nSPS) is 10.3. The van der Waals surface area contributed by atoms with Crippen LogP contribution in [-0.4, -0.2) is 17.3 Å². The molecule has 76 valence electrons. The van der Waals surface area contributed by atoms with Gasteiger partial charge >= 0.3 is 0 Å². The first kappa shape index (κ1) is 11.8. The van der Waals surface area contributed by atoms with Crippen LogP contribution in [0.4, 0.5) is 0 Å². The van der Waals surface area contributed by atoms with Crippen molar-refractivity contribution in [3.05, 3.63) is 34.3 Å². The molecule has 0 saturated heterocycles. The molecule has 14 heavy (non-hydrogen) atoms. The lowest BCUT2D eigenvalue weighted by molar-refractivity contribution is 0.0954. The van der Waals surface area contributed by atoms with E-state index in [2.05, 4.69) is 21.2 Å². The third-order valence-corrected chi connectivity index (χ3v) is 2.54. The summed E-state index contributed by atoms with van der Waals surface area (Å²) in [6.45, 7) is 0.239. The van der Waals surface area contributed by atoms with E-state index < -0.39 is 4.84 Å². The summed E-state index contributed by atoms with van der Waals surface area (Å²) in [6.07, 6.45) is 0. The van der Waals surface area contributed by atoms with Crippen molar-refractivity contribution in [2.24, 2.45) is 0 Å². The topological polar surface area (TPSA) is 29.1 Å². The second kappa shape index (κ2) is 5.59. The van der Waals surface area contributed by atoms with E-state index in [1.807, 2.05) is 6.07 Å². The maximum absolute atomic E-state index is 11.5. The fourth-order valence-electron chi connectivity index (χ4n) is 0.910. The minimum absolute atomic E-state index is 0.191. The lowest BCUT2D eigenvalue weighted by Gasteiger charge is -2.06. The fraction of sp³-hybridized carbons (Fsp3) is 0.222. The summed E-state index contributed by atoms with van der Waals surface area (Å²) in [6, 6.07) is 7.15. The van der Waals surface area contributed by atoms with Gasteiger partial charge in [0.05, 0.1) is 5.56 Å². The van der Waals surface area contributed by atoms with Crippen molar-refractivity contribution < 1.29 is 4.79 Å². The molecule has 1 N–H and O–H groups in total. The van der Waals surface area contributed by atoms with E-state index in [0.29, 0.717) is 5.56 Å². The number of alkyl halides is 2. The Labute approximate surface area is 101 Å². The number of hydrogen-bond donors (Lipinski definition) is 1. The minimum Gasteiger partial charge on any atom is -0.349 e. The SMILES string of the molecule is O=C(NCC(Cl)Cl)c1ccccc1Br. The molecule has 0 bridgehead atoms. The monoisotopic (exact) mass is 295 g/mol. The molecule has 0 heterocycles. The van der Waals surface area contributed by atoms with Gasteiger partial charge in [-0.05, 0) is 28.1 Å². The van der Waals surface area contributed by atoms with Gasteiger partial charge in [0, 0.05) is 11.0 Å².